The largest absolute Gasteiger partial charge is 0.303 e. The molecule has 4 rings (SSSR count). The number of rotatable bonds is 4. The highest BCUT2D eigenvalue weighted by Gasteiger charge is 2.25. The maximum atomic E-state index is 13.3. The molecule has 1 saturated heterocycles. The second kappa shape index (κ2) is 7.89. The van der Waals surface area contributed by atoms with E-state index >= 15 is 0 Å². The lowest BCUT2D eigenvalue weighted by molar-refractivity contribution is 0.231. The van der Waals surface area contributed by atoms with Crippen LogP contribution in [0.25, 0.3) is 0 Å². The number of hydrogen-bond acceptors (Lipinski definition) is 2. The van der Waals surface area contributed by atoms with E-state index < -0.39 is 0 Å². The predicted molar refractivity (Wildman–Crippen MR) is 105 cm³/mol. The number of halogens is 1. The summed E-state index contributed by atoms with van der Waals surface area (Å²) in [6.07, 6.45) is 5.24. The van der Waals surface area contributed by atoms with Gasteiger partial charge >= 0.3 is 0 Å². The van der Waals surface area contributed by atoms with E-state index in [1.807, 2.05) is 12.1 Å². The molecule has 2 aromatic rings. The lowest BCUT2D eigenvalue weighted by Crippen LogP contribution is -2.32. The first-order chi connectivity index (χ1) is 12.7. The van der Waals surface area contributed by atoms with Crippen LogP contribution in [-0.4, -0.2) is 43.0 Å². The molecule has 0 radical (unpaired) electrons. The summed E-state index contributed by atoms with van der Waals surface area (Å²) in [7, 11) is 2.18. The Bertz CT molecular complexity index is 734. The zero-order valence-electron chi connectivity index (χ0n) is 15.8. The number of piperidine rings is 1. The maximum absolute atomic E-state index is 13.3. The van der Waals surface area contributed by atoms with E-state index in [-0.39, 0.29) is 5.82 Å². The van der Waals surface area contributed by atoms with Gasteiger partial charge in [-0.25, -0.2) is 4.39 Å². The number of hydrogen-bond donors (Lipinski definition) is 0. The molecule has 3 heteroatoms. The average Bonchev–Trinajstić information content (AvgIpc) is 2.67. The highest BCUT2D eigenvalue weighted by Crippen LogP contribution is 2.33. The van der Waals surface area contributed by atoms with Crippen molar-refractivity contribution in [2.24, 2.45) is 0 Å². The molecule has 1 unspecified atom stereocenters. The summed E-state index contributed by atoms with van der Waals surface area (Å²) < 4.78 is 13.3. The van der Waals surface area contributed by atoms with Crippen LogP contribution in [-0.2, 0) is 13.0 Å². The third-order valence-electron chi connectivity index (χ3n) is 5.96. The molecule has 0 aliphatic carbocycles. The van der Waals surface area contributed by atoms with Gasteiger partial charge in [0, 0.05) is 25.6 Å². The van der Waals surface area contributed by atoms with Crippen LogP contribution in [0.2, 0.25) is 0 Å². The molecule has 138 valence electrons. The second-order valence-corrected chi connectivity index (χ2v) is 7.99. The Balaban J connectivity index is 1.52. The van der Waals surface area contributed by atoms with Crippen LogP contribution in [0.4, 0.5) is 4.39 Å². The number of fused-ring (bicyclic) bond motifs is 1. The molecule has 0 aromatic heterocycles. The highest BCUT2D eigenvalue weighted by atomic mass is 19.1. The van der Waals surface area contributed by atoms with E-state index in [2.05, 4.69) is 35.0 Å². The van der Waals surface area contributed by atoms with E-state index in [0.717, 1.165) is 19.5 Å². The standard InChI is InChI=1S/C23H29FN2/c1-25-16-20-15-18(11-14-26-12-3-2-4-13-26)5-10-22(20)23(17-25)19-6-8-21(24)9-7-19/h5-10,15,23H,2-4,11-14,16-17H2,1H3. The van der Waals surface area contributed by atoms with Gasteiger partial charge in [-0.05, 0) is 73.8 Å². The Morgan fingerprint density at radius 2 is 1.77 bits per heavy atom. The normalized spacial score (nSPS) is 21.5. The zero-order chi connectivity index (χ0) is 17.9. The molecule has 1 fully saturated rings. The van der Waals surface area contributed by atoms with E-state index in [4.69, 9.17) is 0 Å². The first kappa shape index (κ1) is 17.7. The maximum Gasteiger partial charge on any atom is 0.123 e. The van der Waals surface area contributed by atoms with Crippen molar-refractivity contribution in [2.45, 2.75) is 38.1 Å². The fourth-order valence-electron chi connectivity index (χ4n) is 4.51. The Morgan fingerprint density at radius 1 is 1.00 bits per heavy atom. The third-order valence-corrected chi connectivity index (χ3v) is 5.96. The van der Waals surface area contributed by atoms with Crippen molar-refractivity contribution in [1.82, 2.24) is 9.80 Å². The lowest BCUT2D eigenvalue weighted by atomic mass is 9.84. The predicted octanol–water partition coefficient (Wildman–Crippen LogP) is 4.43. The summed E-state index contributed by atoms with van der Waals surface area (Å²) in [6, 6.07) is 14.1. The van der Waals surface area contributed by atoms with Crippen molar-refractivity contribution in [3.8, 4) is 0 Å². The van der Waals surface area contributed by atoms with Gasteiger partial charge < -0.3 is 9.80 Å². The van der Waals surface area contributed by atoms with Gasteiger partial charge in [0.1, 0.15) is 5.82 Å². The van der Waals surface area contributed by atoms with Crippen molar-refractivity contribution < 1.29 is 4.39 Å². The Labute approximate surface area is 156 Å². The summed E-state index contributed by atoms with van der Waals surface area (Å²) in [6.45, 7) is 5.70. The second-order valence-electron chi connectivity index (χ2n) is 7.99. The molecule has 0 spiro atoms. The first-order valence-corrected chi connectivity index (χ1v) is 9.97. The molecule has 0 N–H and O–H groups in total. The molecular weight excluding hydrogens is 323 g/mol. The van der Waals surface area contributed by atoms with Crippen molar-refractivity contribution in [1.29, 1.82) is 0 Å². The van der Waals surface area contributed by atoms with Crippen molar-refractivity contribution in [2.75, 3.05) is 33.2 Å². The van der Waals surface area contributed by atoms with Gasteiger partial charge in [0.25, 0.3) is 0 Å². The third kappa shape index (κ3) is 3.99. The van der Waals surface area contributed by atoms with Crippen molar-refractivity contribution in [3.05, 3.63) is 70.5 Å². The zero-order valence-corrected chi connectivity index (χ0v) is 15.8. The summed E-state index contributed by atoms with van der Waals surface area (Å²) in [5.41, 5.74) is 5.50. The van der Waals surface area contributed by atoms with Crippen LogP contribution in [0.5, 0.6) is 0 Å². The average molecular weight is 352 g/mol. The summed E-state index contributed by atoms with van der Waals surface area (Å²) in [4.78, 5) is 4.99. The molecular formula is C23H29FN2. The first-order valence-electron chi connectivity index (χ1n) is 9.97. The number of likely N-dealkylation sites (tertiary alicyclic amines) is 1. The number of likely N-dealkylation sites (N-methyl/N-ethyl adjacent to an activating group) is 1. The van der Waals surface area contributed by atoms with Gasteiger partial charge in [-0.3, -0.25) is 0 Å². The molecule has 2 nitrogen and oxygen atoms in total. The van der Waals surface area contributed by atoms with Crippen LogP contribution < -0.4 is 0 Å². The fourth-order valence-corrected chi connectivity index (χ4v) is 4.51. The minimum absolute atomic E-state index is 0.161. The van der Waals surface area contributed by atoms with Crippen LogP contribution >= 0.6 is 0 Å². The Morgan fingerprint density at radius 3 is 2.54 bits per heavy atom. The van der Waals surface area contributed by atoms with E-state index in [9.17, 15) is 4.39 Å². The lowest BCUT2D eigenvalue weighted by Gasteiger charge is -2.33. The van der Waals surface area contributed by atoms with Gasteiger partial charge in [0.2, 0.25) is 0 Å². The number of nitrogens with zero attached hydrogens (tertiary/aromatic N) is 2. The molecule has 0 amide bonds. The Kier molecular flexibility index (Phi) is 5.37. The summed E-state index contributed by atoms with van der Waals surface area (Å²) in [5.74, 6) is 0.173. The van der Waals surface area contributed by atoms with Gasteiger partial charge in [-0.2, -0.15) is 0 Å². The smallest absolute Gasteiger partial charge is 0.123 e. The van der Waals surface area contributed by atoms with Crippen molar-refractivity contribution >= 4 is 0 Å². The van der Waals surface area contributed by atoms with Crippen LogP contribution in [0.1, 0.15) is 47.4 Å². The topological polar surface area (TPSA) is 6.48 Å². The van der Waals surface area contributed by atoms with E-state index in [1.165, 1.54) is 61.2 Å². The van der Waals surface area contributed by atoms with Crippen LogP contribution in [0, 0.1) is 5.82 Å². The molecule has 2 aliphatic heterocycles. The molecule has 26 heavy (non-hydrogen) atoms. The molecule has 2 heterocycles. The van der Waals surface area contributed by atoms with Gasteiger partial charge in [-0.15, -0.1) is 0 Å². The fraction of sp³-hybridized carbons (Fsp3) is 0.478. The van der Waals surface area contributed by atoms with Gasteiger partial charge in [0.15, 0.2) is 0 Å². The van der Waals surface area contributed by atoms with E-state index in [1.54, 1.807) is 12.1 Å². The van der Waals surface area contributed by atoms with E-state index in [0.29, 0.717) is 5.92 Å². The SMILES string of the molecule is CN1Cc2cc(CCN3CCCCC3)ccc2C(c2ccc(F)cc2)C1. The quantitative estimate of drug-likeness (QED) is 0.803. The minimum atomic E-state index is -0.161. The Hall–Kier alpha value is -1.71. The van der Waals surface area contributed by atoms with Crippen LogP contribution in [0.3, 0.4) is 0 Å². The molecule has 0 saturated carbocycles. The van der Waals surface area contributed by atoms with Gasteiger partial charge in [-0.1, -0.05) is 36.8 Å². The molecule has 2 aromatic carbocycles. The van der Waals surface area contributed by atoms with Crippen molar-refractivity contribution in [3.63, 3.8) is 0 Å². The number of benzene rings is 2. The van der Waals surface area contributed by atoms with Crippen LogP contribution in [0.15, 0.2) is 42.5 Å². The highest BCUT2D eigenvalue weighted by molar-refractivity contribution is 5.42. The molecule has 0 bridgehead atoms. The minimum Gasteiger partial charge on any atom is -0.303 e. The molecule has 2 aliphatic rings. The van der Waals surface area contributed by atoms with Gasteiger partial charge in [0.05, 0.1) is 0 Å². The molecule has 1 atom stereocenters. The summed E-state index contributed by atoms with van der Waals surface area (Å²) in [5, 5.41) is 0. The monoisotopic (exact) mass is 352 g/mol. The summed E-state index contributed by atoms with van der Waals surface area (Å²) >= 11 is 0.